The van der Waals surface area contributed by atoms with E-state index in [-0.39, 0.29) is 0 Å². The third kappa shape index (κ3) is 11.8. The van der Waals surface area contributed by atoms with Gasteiger partial charge in [0.1, 0.15) is 6.04 Å². The number of carbonyl (C=O) groups is 4. The van der Waals surface area contributed by atoms with Gasteiger partial charge in [0.15, 0.2) is 0 Å². The first-order chi connectivity index (χ1) is 6.68. The van der Waals surface area contributed by atoms with Gasteiger partial charge in [-0.05, 0) is 0 Å². The summed E-state index contributed by atoms with van der Waals surface area (Å²) >= 11 is 0. The van der Waals surface area contributed by atoms with Crippen LogP contribution in [0.1, 0.15) is 6.42 Å². The summed E-state index contributed by atoms with van der Waals surface area (Å²) in [7, 11) is 0. The van der Waals surface area contributed by atoms with Crippen LogP contribution >= 0.6 is 0 Å². The average molecular weight is 221 g/mol. The third-order valence-electron chi connectivity index (χ3n) is 0.955. The normalized spacial score (nSPS) is 10.5. The summed E-state index contributed by atoms with van der Waals surface area (Å²) in [6, 6.07) is -1.29. The second-order valence-corrected chi connectivity index (χ2v) is 2.27. The molecule has 0 saturated heterocycles. The van der Waals surface area contributed by atoms with Gasteiger partial charge in [0.25, 0.3) is 0 Å². The third-order valence-corrected chi connectivity index (χ3v) is 0.955. The molecule has 0 aromatic heterocycles. The number of hydrogen-bond donors (Lipinski definition) is 5. The van der Waals surface area contributed by atoms with Crippen molar-refractivity contribution in [2.45, 2.75) is 12.5 Å². The van der Waals surface area contributed by atoms with Gasteiger partial charge in [0, 0.05) is 0 Å². The van der Waals surface area contributed by atoms with Crippen molar-refractivity contribution in [3.8, 4) is 0 Å². The first kappa shape index (κ1) is 15.3. The molecule has 8 N–H and O–H groups in total. The van der Waals surface area contributed by atoms with E-state index in [0.29, 0.717) is 0 Å². The summed E-state index contributed by atoms with van der Waals surface area (Å²) in [6.07, 6.45) is -0.532. The van der Waals surface area contributed by atoms with Crippen LogP contribution in [-0.4, -0.2) is 40.0 Å². The number of amides is 2. The zero-order valence-corrected chi connectivity index (χ0v) is 7.54. The number of primary amides is 2. The molecule has 0 heterocycles. The zero-order valence-electron chi connectivity index (χ0n) is 7.54. The van der Waals surface area contributed by atoms with E-state index in [1.165, 1.54) is 0 Å². The van der Waals surface area contributed by atoms with Crippen LogP contribution in [0.4, 0.5) is 0 Å². The monoisotopic (exact) mass is 221 g/mol. The minimum atomic E-state index is -1.29. The molecule has 0 spiro atoms. The fourth-order valence-corrected chi connectivity index (χ4v) is 0.275. The molecule has 1 atom stereocenters. The number of aliphatic carboxylic acids is 2. The maximum atomic E-state index is 9.85. The van der Waals surface area contributed by atoms with Gasteiger partial charge < -0.3 is 27.4 Å². The highest BCUT2D eigenvalue weighted by molar-refractivity contribution is 6.33. The van der Waals surface area contributed by atoms with Crippen LogP contribution in [0, 0.1) is 0 Å². The average Bonchev–Trinajstić information content (AvgIpc) is 2.03. The largest absolute Gasteiger partial charge is 0.481 e. The van der Waals surface area contributed by atoms with Gasteiger partial charge in [0.2, 0.25) is 0 Å². The second kappa shape index (κ2) is 7.26. The van der Waals surface area contributed by atoms with Crippen LogP contribution in [0.3, 0.4) is 0 Å². The van der Waals surface area contributed by atoms with Crippen LogP contribution < -0.4 is 17.2 Å². The fourth-order valence-electron chi connectivity index (χ4n) is 0.275. The lowest BCUT2D eigenvalue weighted by molar-refractivity contribution is -0.144. The lowest BCUT2D eigenvalue weighted by atomic mass is 10.2. The van der Waals surface area contributed by atoms with Crippen molar-refractivity contribution in [2.24, 2.45) is 17.2 Å². The van der Waals surface area contributed by atoms with Crippen LogP contribution in [-0.2, 0) is 19.2 Å². The van der Waals surface area contributed by atoms with E-state index in [2.05, 4.69) is 11.5 Å². The maximum Gasteiger partial charge on any atom is 0.321 e. The van der Waals surface area contributed by atoms with Crippen molar-refractivity contribution in [1.82, 2.24) is 0 Å². The molecule has 0 saturated carbocycles. The molecular formula is C6H11N3O6. The van der Waals surface area contributed by atoms with E-state index in [9.17, 15) is 19.2 Å². The van der Waals surface area contributed by atoms with Crippen molar-refractivity contribution in [3.63, 3.8) is 0 Å². The maximum absolute atomic E-state index is 9.85. The van der Waals surface area contributed by atoms with E-state index >= 15 is 0 Å². The van der Waals surface area contributed by atoms with Gasteiger partial charge in [-0.1, -0.05) is 0 Å². The molecule has 0 aliphatic carbocycles. The Bertz CT molecular complexity index is 264. The van der Waals surface area contributed by atoms with Gasteiger partial charge in [-0.2, -0.15) is 0 Å². The predicted molar refractivity (Wildman–Crippen MR) is 46.3 cm³/mol. The highest BCUT2D eigenvalue weighted by atomic mass is 16.4. The van der Waals surface area contributed by atoms with Crippen LogP contribution in [0.25, 0.3) is 0 Å². The number of carboxylic acid groups (broad SMARTS) is 2. The highest BCUT2D eigenvalue weighted by Crippen LogP contribution is 1.86. The molecule has 86 valence electrons. The van der Waals surface area contributed by atoms with Crippen LogP contribution in [0.2, 0.25) is 0 Å². The molecule has 0 aromatic carbocycles. The Hall–Kier alpha value is -2.16. The zero-order chi connectivity index (χ0) is 12.6. The fraction of sp³-hybridized carbons (Fsp3) is 0.333. The molecule has 0 aliphatic rings. The molecule has 0 radical (unpaired) electrons. The van der Waals surface area contributed by atoms with Crippen LogP contribution in [0.5, 0.6) is 0 Å². The van der Waals surface area contributed by atoms with Crippen molar-refractivity contribution in [3.05, 3.63) is 0 Å². The summed E-state index contributed by atoms with van der Waals surface area (Å²) in [5.41, 5.74) is 13.5. The lowest BCUT2D eigenvalue weighted by Gasteiger charge is -1.99. The first-order valence-electron chi connectivity index (χ1n) is 3.47. The standard InChI is InChI=1S/C4H7NO4.C2H4N2O2/c5-2(4(8)9)1-3(6)7;3-1(5)2(4)6/h2H,1,5H2,(H,6,7)(H,8,9);(H2,3,5)(H2,4,6)/t2-;/m0./s1. The summed E-state index contributed by atoms with van der Waals surface area (Å²) in [5, 5.41) is 16.0. The molecule has 0 aliphatic heterocycles. The van der Waals surface area contributed by atoms with Gasteiger partial charge in [-0.25, -0.2) is 0 Å². The summed E-state index contributed by atoms with van der Waals surface area (Å²) in [4.78, 5) is 38.5. The van der Waals surface area contributed by atoms with E-state index in [1.807, 2.05) is 0 Å². The Morgan fingerprint density at radius 3 is 1.40 bits per heavy atom. The van der Waals surface area contributed by atoms with Crippen molar-refractivity contribution >= 4 is 23.8 Å². The molecule has 0 rings (SSSR count). The molecular weight excluding hydrogens is 210 g/mol. The number of nitrogens with two attached hydrogens (primary N) is 3. The van der Waals surface area contributed by atoms with Gasteiger partial charge >= 0.3 is 23.8 Å². The minimum Gasteiger partial charge on any atom is -0.481 e. The van der Waals surface area contributed by atoms with Gasteiger partial charge in [-0.15, -0.1) is 0 Å². The van der Waals surface area contributed by atoms with Crippen LogP contribution in [0.15, 0.2) is 0 Å². The quantitative estimate of drug-likeness (QED) is 0.310. The van der Waals surface area contributed by atoms with Crippen molar-refractivity contribution in [2.75, 3.05) is 0 Å². The van der Waals surface area contributed by atoms with E-state index in [0.717, 1.165) is 0 Å². The summed E-state index contributed by atoms with van der Waals surface area (Å²) in [6.45, 7) is 0. The number of carbonyl (C=O) groups excluding carboxylic acids is 2. The Kier molecular flexibility index (Phi) is 7.42. The molecule has 9 heteroatoms. The highest BCUT2D eigenvalue weighted by Gasteiger charge is 2.14. The predicted octanol–water partition coefficient (Wildman–Crippen LogP) is -3.17. The number of carboxylic acids is 2. The van der Waals surface area contributed by atoms with E-state index in [4.69, 9.17) is 15.9 Å². The molecule has 0 fully saturated rings. The molecule has 9 nitrogen and oxygen atoms in total. The lowest BCUT2D eigenvalue weighted by Crippen LogP contribution is -2.32. The molecule has 15 heavy (non-hydrogen) atoms. The van der Waals surface area contributed by atoms with E-state index in [1.54, 1.807) is 0 Å². The van der Waals surface area contributed by atoms with Crippen molar-refractivity contribution in [1.29, 1.82) is 0 Å². The number of rotatable bonds is 3. The number of hydrogen-bond acceptors (Lipinski definition) is 5. The second-order valence-electron chi connectivity index (χ2n) is 2.27. The Morgan fingerprint density at radius 1 is 1.00 bits per heavy atom. The molecule has 2 amide bonds. The van der Waals surface area contributed by atoms with Crippen molar-refractivity contribution < 1.29 is 29.4 Å². The Balaban J connectivity index is 0. The smallest absolute Gasteiger partial charge is 0.321 e. The summed E-state index contributed by atoms with van der Waals surface area (Å²) < 4.78 is 0. The molecule has 0 bridgehead atoms. The SMILES string of the molecule is NC(=O)C(N)=O.N[C@@H](CC(=O)O)C(=O)O. The Labute approximate surface area is 83.8 Å². The van der Waals surface area contributed by atoms with Gasteiger partial charge in [-0.3, -0.25) is 19.2 Å². The molecule has 0 unspecified atom stereocenters. The minimum absolute atomic E-state index is 0.532. The topological polar surface area (TPSA) is 187 Å². The first-order valence-corrected chi connectivity index (χ1v) is 3.47. The molecule has 0 aromatic rings. The summed E-state index contributed by atoms with van der Waals surface area (Å²) in [5.74, 6) is -4.70. The Morgan fingerprint density at radius 2 is 1.33 bits per heavy atom. The van der Waals surface area contributed by atoms with E-state index < -0.39 is 36.2 Å². The van der Waals surface area contributed by atoms with Gasteiger partial charge in [0.05, 0.1) is 6.42 Å².